The Labute approximate surface area is 166 Å². The van der Waals surface area contributed by atoms with Crippen molar-refractivity contribution in [2.45, 2.75) is 6.92 Å². The third-order valence-corrected chi connectivity index (χ3v) is 4.00. The summed E-state index contributed by atoms with van der Waals surface area (Å²) in [5.41, 5.74) is 3.28. The van der Waals surface area contributed by atoms with Gasteiger partial charge in [-0.3, -0.25) is 4.79 Å². The Morgan fingerprint density at radius 3 is 2.31 bits per heavy atom. The molecule has 0 amide bonds. The predicted molar refractivity (Wildman–Crippen MR) is 106 cm³/mol. The first kappa shape index (κ1) is 21.8. The Hall–Kier alpha value is -3.53. The van der Waals surface area contributed by atoms with Crippen LogP contribution in [0.4, 0.5) is 5.82 Å². The number of ether oxygens (including phenoxy) is 2. The zero-order valence-corrected chi connectivity index (χ0v) is 16.3. The summed E-state index contributed by atoms with van der Waals surface area (Å²) in [7, 11) is 3.79. The van der Waals surface area contributed by atoms with Gasteiger partial charge in [0.2, 0.25) is 0 Å². The van der Waals surface area contributed by atoms with Crippen LogP contribution in [0.2, 0.25) is 0 Å². The lowest BCUT2D eigenvalue weighted by atomic mass is 9.95. The van der Waals surface area contributed by atoms with Crippen LogP contribution in [0.5, 0.6) is 11.5 Å². The van der Waals surface area contributed by atoms with E-state index in [1.54, 1.807) is 6.92 Å². The molecule has 0 aliphatic heterocycles. The summed E-state index contributed by atoms with van der Waals surface area (Å²) in [6, 6.07) is 4.42. The third-order valence-electron chi connectivity index (χ3n) is 4.00. The van der Waals surface area contributed by atoms with E-state index in [0.717, 1.165) is 0 Å². The topological polar surface area (TPSA) is 155 Å². The average molecular weight is 405 g/mol. The van der Waals surface area contributed by atoms with Gasteiger partial charge in [-0.1, -0.05) is 6.07 Å². The van der Waals surface area contributed by atoms with Crippen LogP contribution in [0.1, 0.15) is 27.6 Å². The van der Waals surface area contributed by atoms with Gasteiger partial charge in [-0.15, -0.1) is 0 Å². The lowest BCUT2D eigenvalue weighted by Gasteiger charge is -2.17. The molecule has 0 saturated carbocycles. The molecular formula is C19H23N3O7. The molecule has 0 radical (unpaired) electrons. The van der Waals surface area contributed by atoms with Gasteiger partial charge in [0, 0.05) is 12.1 Å². The van der Waals surface area contributed by atoms with Crippen LogP contribution in [-0.4, -0.2) is 65.9 Å². The smallest absolute Gasteiger partial charge is 0.342 e. The molecule has 1 aromatic carbocycles. The number of aromatic amines is 1. The van der Waals surface area contributed by atoms with Gasteiger partial charge in [-0.25, -0.2) is 9.59 Å². The maximum absolute atomic E-state index is 12.2. The van der Waals surface area contributed by atoms with Gasteiger partial charge in [0.25, 0.3) is 5.56 Å². The molecule has 2 aromatic rings. The monoisotopic (exact) mass is 405 g/mol. The highest BCUT2D eigenvalue weighted by Gasteiger charge is 2.27. The molecule has 0 fully saturated rings. The number of likely N-dealkylation sites (N-methyl/N-ethyl adjacent to an activating group) is 1. The van der Waals surface area contributed by atoms with Gasteiger partial charge in [0.1, 0.15) is 23.6 Å². The number of nitrogens with two attached hydrogens (primary N) is 1. The minimum atomic E-state index is -1.58. The van der Waals surface area contributed by atoms with E-state index in [9.17, 15) is 24.6 Å². The molecule has 5 N–H and O–H groups in total. The molecule has 0 aliphatic rings. The Kier molecular flexibility index (Phi) is 6.84. The van der Waals surface area contributed by atoms with Crippen LogP contribution < -0.4 is 20.8 Å². The molecule has 0 bridgehead atoms. The first-order chi connectivity index (χ1) is 13.7. The first-order valence-corrected chi connectivity index (χ1v) is 8.74. The van der Waals surface area contributed by atoms with E-state index in [2.05, 4.69) is 4.98 Å². The number of anilines is 1. The van der Waals surface area contributed by atoms with Gasteiger partial charge in [0.05, 0.1) is 6.61 Å². The number of H-pyrrole nitrogens is 1. The van der Waals surface area contributed by atoms with E-state index in [0.29, 0.717) is 25.5 Å². The Bertz CT molecular complexity index is 982. The number of pyridine rings is 1. The van der Waals surface area contributed by atoms with Crippen molar-refractivity contribution < 1.29 is 29.3 Å². The van der Waals surface area contributed by atoms with Crippen LogP contribution >= 0.6 is 0 Å². The Balaban J connectivity index is 2.67. The minimum Gasteiger partial charge on any atom is -0.490 e. The van der Waals surface area contributed by atoms with Crippen molar-refractivity contribution in [2.24, 2.45) is 0 Å². The second-order valence-corrected chi connectivity index (χ2v) is 6.35. The number of nitrogens with zero attached hydrogens (tertiary/aromatic N) is 1. The summed E-state index contributed by atoms with van der Waals surface area (Å²) < 4.78 is 11.3. The summed E-state index contributed by atoms with van der Waals surface area (Å²) in [6.07, 6.45) is 0. The number of benzene rings is 1. The Morgan fingerprint density at radius 2 is 1.76 bits per heavy atom. The highest BCUT2D eigenvalue weighted by atomic mass is 16.5. The van der Waals surface area contributed by atoms with Gasteiger partial charge in [0.15, 0.2) is 11.5 Å². The number of carboxylic acids is 2. The third kappa shape index (κ3) is 4.85. The van der Waals surface area contributed by atoms with Crippen molar-refractivity contribution in [1.29, 1.82) is 0 Å². The molecule has 0 aliphatic carbocycles. The maximum atomic E-state index is 12.2. The molecule has 156 valence electrons. The summed E-state index contributed by atoms with van der Waals surface area (Å²) in [5, 5.41) is 19.0. The molecule has 1 heterocycles. The van der Waals surface area contributed by atoms with Gasteiger partial charge >= 0.3 is 11.9 Å². The number of hydrogen-bond donors (Lipinski definition) is 4. The Morgan fingerprint density at radius 1 is 1.10 bits per heavy atom. The number of hydrogen-bond acceptors (Lipinski definition) is 7. The molecule has 10 heteroatoms. The highest BCUT2D eigenvalue weighted by Crippen LogP contribution is 2.36. The molecule has 1 aromatic heterocycles. The maximum Gasteiger partial charge on any atom is 0.342 e. The van der Waals surface area contributed by atoms with E-state index in [-0.39, 0.29) is 16.9 Å². The highest BCUT2D eigenvalue weighted by molar-refractivity contribution is 6.07. The zero-order chi connectivity index (χ0) is 21.7. The van der Waals surface area contributed by atoms with Crippen molar-refractivity contribution >= 4 is 17.8 Å². The van der Waals surface area contributed by atoms with Crippen LogP contribution in [0.25, 0.3) is 11.1 Å². The fraction of sp³-hybridized carbons (Fsp3) is 0.316. The van der Waals surface area contributed by atoms with E-state index >= 15 is 0 Å². The van der Waals surface area contributed by atoms with Crippen molar-refractivity contribution in [3.63, 3.8) is 0 Å². The molecule has 0 unspecified atom stereocenters. The number of aromatic nitrogens is 1. The van der Waals surface area contributed by atoms with E-state index in [1.807, 2.05) is 19.0 Å². The fourth-order valence-corrected chi connectivity index (χ4v) is 2.72. The average Bonchev–Trinajstić information content (AvgIpc) is 2.61. The van der Waals surface area contributed by atoms with Crippen LogP contribution in [0, 0.1) is 0 Å². The number of nitrogen functional groups attached to an aromatic ring is 1. The predicted octanol–water partition coefficient (Wildman–Crippen LogP) is 1.36. The van der Waals surface area contributed by atoms with Gasteiger partial charge in [-0.2, -0.15) is 0 Å². The van der Waals surface area contributed by atoms with Crippen LogP contribution in [0.15, 0.2) is 23.0 Å². The van der Waals surface area contributed by atoms with E-state index in [4.69, 9.17) is 15.2 Å². The SMILES string of the molecule is CCOc1cc(-c2c(C(=O)O)c(N)[nH]c(=O)c2C(=O)O)ccc1OCCN(C)C. The van der Waals surface area contributed by atoms with E-state index in [1.165, 1.54) is 18.2 Å². The summed E-state index contributed by atoms with van der Waals surface area (Å²) >= 11 is 0. The molecule has 2 rings (SSSR count). The van der Waals surface area contributed by atoms with Crippen molar-refractivity contribution in [1.82, 2.24) is 9.88 Å². The standard InChI is InChI=1S/C19H23N3O7/c1-4-28-12-9-10(5-6-11(12)29-8-7-22(2)3)13-14(18(24)25)16(20)21-17(23)15(13)19(26)27/h5-6,9H,4,7-8H2,1-3H3,(H,24,25)(H,26,27)(H3,20,21,23). The molecule has 0 saturated heterocycles. The van der Waals surface area contributed by atoms with Crippen LogP contribution in [-0.2, 0) is 0 Å². The van der Waals surface area contributed by atoms with Crippen molar-refractivity contribution in [3.8, 4) is 22.6 Å². The van der Waals surface area contributed by atoms with E-state index < -0.39 is 34.4 Å². The zero-order valence-electron chi connectivity index (χ0n) is 16.3. The summed E-state index contributed by atoms with van der Waals surface area (Å²) in [6.45, 7) is 3.09. The molecule has 29 heavy (non-hydrogen) atoms. The number of aromatic carboxylic acids is 2. The lowest BCUT2D eigenvalue weighted by Crippen LogP contribution is -2.24. The molecular weight excluding hydrogens is 382 g/mol. The normalized spacial score (nSPS) is 10.8. The van der Waals surface area contributed by atoms with Crippen molar-refractivity contribution in [2.75, 3.05) is 39.6 Å². The number of carbonyl (C=O) groups is 2. The lowest BCUT2D eigenvalue weighted by molar-refractivity contribution is 0.0695. The second-order valence-electron chi connectivity index (χ2n) is 6.35. The first-order valence-electron chi connectivity index (χ1n) is 8.74. The quantitative estimate of drug-likeness (QED) is 0.484. The largest absolute Gasteiger partial charge is 0.490 e. The fourth-order valence-electron chi connectivity index (χ4n) is 2.72. The number of carboxylic acid groups (broad SMARTS) is 2. The number of nitrogens with one attached hydrogen (secondary N) is 1. The minimum absolute atomic E-state index is 0.154. The summed E-state index contributed by atoms with van der Waals surface area (Å²) in [4.78, 5) is 39.6. The second kappa shape index (κ2) is 9.11. The van der Waals surface area contributed by atoms with Crippen LogP contribution in [0.3, 0.4) is 0 Å². The van der Waals surface area contributed by atoms with Gasteiger partial charge in [-0.05, 0) is 38.7 Å². The molecule has 0 atom stereocenters. The van der Waals surface area contributed by atoms with Crippen molar-refractivity contribution in [3.05, 3.63) is 39.7 Å². The van der Waals surface area contributed by atoms with Gasteiger partial charge < -0.3 is 35.3 Å². The number of rotatable bonds is 9. The summed E-state index contributed by atoms with van der Waals surface area (Å²) in [5.74, 6) is -2.79. The molecule has 10 nitrogen and oxygen atoms in total. The molecule has 0 spiro atoms.